The third-order valence-electron chi connectivity index (χ3n) is 3.56. The van der Waals surface area contributed by atoms with Crippen LogP contribution < -0.4 is 0 Å². The van der Waals surface area contributed by atoms with E-state index >= 15 is 0 Å². The average Bonchev–Trinajstić information content (AvgIpc) is 2.51. The molecular weight excluding hydrogens is 260 g/mol. The Morgan fingerprint density at radius 3 is 2.33 bits per heavy atom. The molecular formula is C17H15N4+. The number of hydrogen-bond acceptors (Lipinski definition) is 3. The first-order valence-electron chi connectivity index (χ1n) is 6.77. The minimum absolute atomic E-state index is 0.663. The van der Waals surface area contributed by atoms with Crippen molar-refractivity contribution in [3.05, 3.63) is 41.0 Å². The van der Waals surface area contributed by atoms with E-state index in [2.05, 4.69) is 10.6 Å². The fourth-order valence-corrected chi connectivity index (χ4v) is 2.45. The largest absolute Gasteiger partial charge is 0.238 e. The fourth-order valence-electron chi connectivity index (χ4n) is 2.45. The van der Waals surface area contributed by atoms with Crippen LogP contribution in [0.4, 0.5) is 0 Å². The second kappa shape index (κ2) is 6.51. The van der Waals surface area contributed by atoms with Gasteiger partial charge >= 0.3 is 0 Å². The first-order valence-corrected chi connectivity index (χ1v) is 6.77. The molecule has 0 N–H and O–H groups in total. The molecule has 102 valence electrons. The molecule has 0 aliphatic carbocycles. The summed E-state index contributed by atoms with van der Waals surface area (Å²) >= 11 is 0. The SMILES string of the molecule is C[N+]1=C/C(=C(\C#N)c2ccc(C(C#N)C#N)cc2)CCC1. The van der Waals surface area contributed by atoms with E-state index in [-0.39, 0.29) is 0 Å². The van der Waals surface area contributed by atoms with Crippen molar-refractivity contribution >= 4 is 11.8 Å². The van der Waals surface area contributed by atoms with Gasteiger partial charge < -0.3 is 0 Å². The van der Waals surface area contributed by atoms with E-state index in [9.17, 15) is 5.26 Å². The predicted octanol–water partition coefficient (Wildman–Crippen LogP) is 2.60. The molecule has 0 amide bonds. The van der Waals surface area contributed by atoms with Gasteiger partial charge in [-0.15, -0.1) is 0 Å². The summed E-state index contributed by atoms with van der Waals surface area (Å²) in [5.41, 5.74) is 3.20. The van der Waals surface area contributed by atoms with Gasteiger partial charge in [-0.05, 0) is 17.5 Å². The van der Waals surface area contributed by atoms with Crippen LogP contribution in [0.3, 0.4) is 0 Å². The maximum absolute atomic E-state index is 9.44. The second-order valence-corrected chi connectivity index (χ2v) is 5.04. The summed E-state index contributed by atoms with van der Waals surface area (Å²) in [5, 5.41) is 27.2. The Labute approximate surface area is 124 Å². The van der Waals surface area contributed by atoms with Crippen LogP contribution in [0.1, 0.15) is 29.9 Å². The lowest BCUT2D eigenvalue weighted by Crippen LogP contribution is -2.16. The van der Waals surface area contributed by atoms with E-state index in [1.807, 2.05) is 37.5 Å². The monoisotopic (exact) mass is 275 g/mol. The highest BCUT2D eigenvalue weighted by atomic mass is 15.0. The Morgan fingerprint density at radius 1 is 1.14 bits per heavy atom. The van der Waals surface area contributed by atoms with Crippen molar-refractivity contribution < 1.29 is 4.58 Å². The smallest absolute Gasteiger partial charge is 0.167 e. The van der Waals surface area contributed by atoms with Crippen molar-refractivity contribution in [3.8, 4) is 18.2 Å². The van der Waals surface area contributed by atoms with Crippen molar-refractivity contribution in [3.63, 3.8) is 0 Å². The lowest BCUT2D eigenvalue weighted by atomic mass is 9.94. The molecule has 4 heteroatoms. The molecule has 2 rings (SSSR count). The molecule has 0 saturated carbocycles. The van der Waals surface area contributed by atoms with Crippen LogP contribution in [0.2, 0.25) is 0 Å². The van der Waals surface area contributed by atoms with Crippen LogP contribution in [0.15, 0.2) is 29.8 Å². The maximum atomic E-state index is 9.44. The molecule has 1 aliphatic heterocycles. The van der Waals surface area contributed by atoms with E-state index in [0.717, 1.165) is 30.5 Å². The van der Waals surface area contributed by atoms with Crippen LogP contribution in [-0.2, 0) is 0 Å². The molecule has 4 nitrogen and oxygen atoms in total. The molecule has 0 spiro atoms. The summed E-state index contributed by atoms with van der Waals surface area (Å²) in [7, 11) is 2.00. The van der Waals surface area contributed by atoms with Gasteiger partial charge in [0.05, 0.1) is 17.7 Å². The topological polar surface area (TPSA) is 74.4 Å². The second-order valence-electron chi connectivity index (χ2n) is 5.04. The predicted molar refractivity (Wildman–Crippen MR) is 79.3 cm³/mol. The van der Waals surface area contributed by atoms with Crippen LogP contribution >= 0.6 is 0 Å². The lowest BCUT2D eigenvalue weighted by molar-refractivity contribution is -0.495. The van der Waals surface area contributed by atoms with Crippen molar-refractivity contribution in [2.75, 3.05) is 13.6 Å². The first kappa shape index (κ1) is 14.5. The van der Waals surface area contributed by atoms with E-state index in [1.165, 1.54) is 0 Å². The zero-order valence-corrected chi connectivity index (χ0v) is 11.9. The van der Waals surface area contributed by atoms with Gasteiger partial charge in [0.2, 0.25) is 0 Å². The molecule has 0 bridgehead atoms. The van der Waals surface area contributed by atoms with Crippen molar-refractivity contribution in [1.82, 2.24) is 0 Å². The first-order chi connectivity index (χ1) is 10.2. The molecule has 1 heterocycles. The molecule has 0 atom stereocenters. The summed E-state index contributed by atoms with van der Waals surface area (Å²) in [6.45, 7) is 1.01. The fraction of sp³-hybridized carbons (Fsp3) is 0.294. The molecule has 1 aromatic carbocycles. The number of hydrogen-bond donors (Lipinski definition) is 0. The highest BCUT2D eigenvalue weighted by molar-refractivity contribution is 5.94. The molecule has 0 saturated heterocycles. The Morgan fingerprint density at radius 2 is 1.81 bits per heavy atom. The van der Waals surface area contributed by atoms with Gasteiger partial charge in [0, 0.05) is 12.0 Å². The zero-order chi connectivity index (χ0) is 15.2. The number of nitriles is 3. The van der Waals surface area contributed by atoms with Gasteiger partial charge in [0.25, 0.3) is 0 Å². The normalized spacial score (nSPS) is 16.4. The summed E-state index contributed by atoms with van der Waals surface area (Å²) in [4.78, 5) is 0. The number of rotatable bonds is 2. The Hall–Kier alpha value is -2.90. The van der Waals surface area contributed by atoms with Gasteiger partial charge in [0.1, 0.15) is 19.7 Å². The summed E-state index contributed by atoms with van der Waals surface area (Å²) in [6.07, 6.45) is 3.95. The zero-order valence-electron chi connectivity index (χ0n) is 11.9. The third-order valence-corrected chi connectivity index (χ3v) is 3.56. The lowest BCUT2D eigenvalue weighted by Gasteiger charge is -2.10. The van der Waals surface area contributed by atoms with Gasteiger partial charge in [-0.3, -0.25) is 0 Å². The average molecular weight is 275 g/mol. The molecule has 1 aliphatic rings. The standard InChI is InChI=1S/C17H15N4/c1-21-8-2-3-15(12-21)17(11-20)14-6-4-13(5-7-14)16(9-18)10-19/h4-7,12,16H,2-3,8H2,1H3/q+1/b17-15+. The van der Waals surface area contributed by atoms with Crippen LogP contribution in [0.5, 0.6) is 0 Å². The Bertz CT molecular complexity index is 704. The minimum Gasteiger partial charge on any atom is -0.238 e. The highest BCUT2D eigenvalue weighted by Gasteiger charge is 2.16. The molecule has 0 unspecified atom stereocenters. The van der Waals surface area contributed by atoms with Gasteiger partial charge in [-0.25, -0.2) is 4.58 Å². The quantitative estimate of drug-likeness (QED) is 0.615. The van der Waals surface area contributed by atoms with Crippen molar-refractivity contribution in [2.45, 2.75) is 18.8 Å². The molecule has 0 fully saturated rings. The molecule has 0 aromatic heterocycles. The molecule has 0 radical (unpaired) electrons. The number of allylic oxidation sites excluding steroid dienone is 2. The van der Waals surface area contributed by atoms with Gasteiger partial charge in [-0.2, -0.15) is 15.8 Å². The molecule has 21 heavy (non-hydrogen) atoms. The number of benzene rings is 1. The van der Waals surface area contributed by atoms with Gasteiger partial charge in [0.15, 0.2) is 12.1 Å². The van der Waals surface area contributed by atoms with Crippen LogP contribution in [0, 0.1) is 34.0 Å². The van der Waals surface area contributed by atoms with E-state index in [4.69, 9.17) is 10.5 Å². The minimum atomic E-state index is -0.760. The van der Waals surface area contributed by atoms with E-state index < -0.39 is 5.92 Å². The van der Waals surface area contributed by atoms with Crippen molar-refractivity contribution in [1.29, 1.82) is 15.8 Å². The van der Waals surface area contributed by atoms with E-state index in [1.54, 1.807) is 12.1 Å². The summed E-state index contributed by atoms with van der Waals surface area (Å²) < 4.78 is 2.09. The van der Waals surface area contributed by atoms with Crippen molar-refractivity contribution in [2.24, 2.45) is 0 Å². The summed E-state index contributed by atoms with van der Waals surface area (Å²) in [6, 6.07) is 13.3. The third kappa shape index (κ3) is 3.16. The summed E-state index contributed by atoms with van der Waals surface area (Å²) in [5.74, 6) is -0.760. The highest BCUT2D eigenvalue weighted by Crippen LogP contribution is 2.24. The van der Waals surface area contributed by atoms with E-state index in [0.29, 0.717) is 11.1 Å². The molecule has 1 aromatic rings. The Balaban J connectivity index is 2.40. The maximum Gasteiger partial charge on any atom is 0.167 e. The van der Waals surface area contributed by atoms with Crippen LogP contribution in [-0.4, -0.2) is 24.4 Å². The number of nitrogens with zero attached hydrogens (tertiary/aromatic N) is 4. The Kier molecular flexibility index (Phi) is 4.50. The van der Waals surface area contributed by atoms with Gasteiger partial charge in [-0.1, -0.05) is 24.3 Å². The van der Waals surface area contributed by atoms with Crippen LogP contribution in [0.25, 0.3) is 5.57 Å².